The van der Waals surface area contributed by atoms with Crippen molar-refractivity contribution < 1.29 is 0 Å². The van der Waals surface area contributed by atoms with Crippen LogP contribution >= 0.6 is 0 Å². The van der Waals surface area contributed by atoms with Gasteiger partial charge in [-0.15, -0.1) is 0 Å². The van der Waals surface area contributed by atoms with Crippen molar-refractivity contribution >= 4 is 5.69 Å². The molecule has 19 heavy (non-hydrogen) atoms. The number of likely N-dealkylation sites (N-methyl/N-ethyl adjacent to an activating group) is 1. The van der Waals surface area contributed by atoms with Crippen LogP contribution in [0.5, 0.6) is 0 Å². The molecule has 1 fully saturated rings. The zero-order chi connectivity index (χ0) is 14.0. The van der Waals surface area contributed by atoms with Crippen LogP contribution < -0.4 is 10.6 Å². The molecule has 0 spiro atoms. The summed E-state index contributed by atoms with van der Waals surface area (Å²) in [7, 11) is 2.19. The molecule has 3 heteroatoms. The van der Waals surface area contributed by atoms with Gasteiger partial charge in [0.15, 0.2) is 0 Å². The molecule has 2 atom stereocenters. The molecular weight excluding hydrogens is 234 g/mol. The van der Waals surface area contributed by atoms with E-state index in [1.165, 1.54) is 23.2 Å². The lowest BCUT2D eigenvalue weighted by atomic mass is 10.1. The summed E-state index contributed by atoms with van der Waals surface area (Å²) in [5.41, 5.74) is 10.0. The molecule has 1 aromatic rings. The van der Waals surface area contributed by atoms with Crippen molar-refractivity contribution in [1.29, 1.82) is 0 Å². The maximum Gasteiger partial charge on any atom is 0.0401 e. The summed E-state index contributed by atoms with van der Waals surface area (Å²) < 4.78 is 0. The summed E-state index contributed by atoms with van der Waals surface area (Å²) in [6.07, 6.45) is 1.19. The second kappa shape index (κ2) is 5.93. The maximum absolute atomic E-state index is 5.95. The number of hydrogen-bond donors (Lipinski definition) is 1. The van der Waals surface area contributed by atoms with E-state index in [0.717, 1.165) is 19.6 Å². The van der Waals surface area contributed by atoms with E-state index in [1.54, 1.807) is 0 Å². The lowest BCUT2D eigenvalue weighted by Gasteiger charge is -2.33. The van der Waals surface area contributed by atoms with E-state index >= 15 is 0 Å². The monoisotopic (exact) mass is 261 g/mol. The van der Waals surface area contributed by atoms with Gasteiger partial charge in [-0.05, 0) is 51.4 Å². The van der Waals surface area contributed by atoms with Gasteiger partial charge in [0.05, 0.1) is 0 Å². The van der Waals surface area contributed by atoms with Crippen molar-refractivity contribution in [3.8, 4) is 0 Å². The largest absolute Gasteiger partial charge is 0.367 e. The third-order valence-corrected chi connectivity index (χ3v) is 4.41. The number of benzene rings is 1. The van der Waals surface area contributed by atoms with Gasteiger partial charge in [0, 0.05) is 37.4 Å². The normalized spacial score (nSPS) is 25.4. The first kappa shape index (κ1) is 14.4. The zero-order valence-corrected chi connectivity index (χ0v) is 12.7. The third-order valence-electron chi connectivity index (χ3n) is 4.41. The van der Waals surface area contributed by atoms with Crippen LogP contribution in [0.25, 0.3) is 0 Å². The van der Waals surface area contributed by atoms with Crippen molar-refractivity contribution in [2.45, 2.75) is 39.3 Å². The number of nitrogens with zero attached hydrogens (tertiary/aromatic N) is 2. The molecule has 1 saturated heterocycles. The first-order valence-electron chi connectivity index (χ1n) is 7.27. The second-order valence-electron chi connectivity index (χ2n) is 5.95. The Balaban J connectivity index is 2.32. The van der Waals surface area contributed by atoms with Crippen molar-refractivity contribution in [3.05, 3.63) is 29.3 Å². The Morgan fingerprint density at radius 1 is 1.32 bits per heavy atom. The van der Waals surface area contributed by atoms with Crippen molar-refractivity contribution in [1.82, 2.24) is 4.90 Å². The van der Waals surface area contributed by atoms with Crippen LogP contribution in [0.2, 0.25) is 0 Å². The van der Waals surface area contributed by atoms with E-state index in [-0.39, 0.29) is 0 Å². The van der Waals surface area contributed by atoms with Gasteiger partial charge in [0.2, 0.25) is 0 Å². The van der Waals surface area contributed by atoms with Crippen LogP contribution in [-0.4, -0.2) is 43.7 Å². The molecule has 0 amide bonds. The minimum atomic E-state index is 0.449. The quantitative estimate of drug-likeness (QED) is 0.885. The van der Waals surface area contributed by atoms with Gasteiger partial charge < -0.3 is 15.5 Å². The molecule has 1 aliphatic heterocycles. The van der Waals surface area contributed by atoms with Crippen molar-refractivity contribution in [2.24, 2.45) is 5.73 Å². The Kier molecular flexibility index (Phi) is 4.48. The average Bonchev–Trinajstić information content (AvgIpc) is 2.53. The molecule has 1 heterocycles. The van der Waals surface area contributed by atoms with Gasteiger partial charge in [-0.3, -0.25) is 0 Å². The van der Waals surface area contributed by atoms with E-state index in [2.05, 4.69) is 55.8 Å². The fourth-order valence-corrected chi connectivity index (χ4v) is 2.89. The molecule has 3 nitrogen and oxygen atoms in total. The van der Waals surface area contributed by atoms with E-state index in [4.69, 9.17) is 5.73 Å². The first-order chi connectivity index (χ1) is 9.02. The summed E-state index contributed by atoms with van der Waals surface area (Å²) in [5.74, 6) is 0. The molecule has 1 aliphatic rings. The molecule has 0 radical (unpaired) electrons. The highest BCUT2D eigenvalue weighted by molar-refractivity contribution is 5.56. The first-order valence-corrected chi connectivity index (χ1v) is 7.27. The Labute approximate surface area is 117 Å². The lowest BCUT2D eigenvalue weighted by molar-refractivity contribution is 0.265. The van der Waals surface area contributed by atoms with Gasteiger partial charge in [-0.25, -0.2) is 0 Å². The number of hydrogen-bond acceptors (Lipinski definition) is 3. The van der Waals surface area contributed by atoms with Crippen LogP contribution in [0, 0.1) is 13.8 Å². The zero-order valence-electron chi connectivity index (χ0n) is 12.7. The highest BCUT2D eigenvalue weighted by atomic mass is 15.3. The van der Waals surface area contributed by atoms with Gasteiger partial charge in [-0.1, -0.05) is 12.1 Å². The molecule has 0 saturated carbocycles. The summed E-state index contributed by atoms with van der Waals surface area (Å²) in [4.78, 5) is 4.95. The van der Waals surface area contributed by atoms with E-state index in [1.807, 2.05) is 0 Å². The van der Waals surface area contributed by atoms with Crippen LogP contribution in [0.4, 0.5) is 5.69 Å². The van der Waals surface area contributed by atoms with Crippen LogP contribution in [0.15, 0.2) is 18.2 Å². The molecule has 0 aromatic heterocycles. The number of rotatable bonds is 2. The van der Waals surface area contributed by atoms with Gasteiger partial charge in [-0.2, -0.15) is 0 Å². The van der Waals surface area contributed by atoms with Gasteiger partial charge in [0.25, 0.3) is 0 Å². The minimum Gasteiger partial charge on any atom is -0.367 e. The number of aryl methyl sites for hydroxylation is 2. The Morgan fingerprint density at radius 2 is 2.05 bits per heavy atom. The smallest absolute Gasteiger partial charge is 0.0401 e. The lowest BCUT2D eigenvalue weighted by Crippen LogP contribution is -2.45. The Hall–Kier alpha value is -1.06. The van der Waals surface area contributed by atoms with E-state index in [0.29, 0.717) is 12.1 Å². The summed E-state index contributed by atoms with van der Waals surface area (Å²) in [5, 5.41) is 0. The molecule has 2 rings (SSSR count). The summed E-state index contributed by atoms with van der Waals surface area (Å²) in [6.45, 7) is 9.58. The van der Waals surface area contributed by atoms with Crippen LogP contribution in [0.3, 0.4) is 0 Å². The highest BCUT2D eigenvalue weighted by Crippen LogP contribution is 2.27. The summed E-state index contributed by atoms with van der Waals surface area (Å²) >= 11 is 0. The van der Waals surface area contributed by atoms with E-state index in [9.17, 15) is 0 Å². The predicted octanol–water partition coefficient (Wildman–Crippen LogP) is 2.16. The Morgan fingerprint density at radius 3 is 2.74 bits per heavy atom. The van der Waals surface area contributed by atoms with Crippen LogP contribution in [0.1, 0.15) is 24.5 Å². The van der Waals surface area contributed by atoms with Gasteiger partial charge >= 0.3 is 0 Å². The van der Waals surface area contributed by atoms with Crippen LogP contribution in [-0.2, 0) is 0 Å². The summed E-state index contributed by atoms with van der Waals surface area (Å²) in [6, 6.07) is 7.74. The standard InChI is InChI=1S/C16H27N3/c1-12-5-6-13(2)16(9-12)19-11-15(10-17)18(4)8-7-14(19)3/h5-6,9,14-15H,7-8,10-11,17H2,1-4H3. The molecule has 1 aromatic carbocycles. The predicted molar refractivity (Wildman–Crippen MR) is 82.8 cm³/mol. The Bertz CT molecular complexity index is 430. The molecule has 2 unspecified atom stereocenters. The average molecular weight is 261 g/mol. The number of anilines is 1. The van der Waals surface area contributed by atoms with Gasteiger partial charge in [0.1, 0.15) is 0 Å². The second-order valence-corrected chi connectivity index (χ2v) is 5.95. The van der Waals surface area contributed by atoms with E-state index < -0.39 is 0 Å². The third kappa shape index (κ3) is 3.10. The SMILES string of the molecule is Cc1ccc(C)c(N2CC(CN)N(C)CCC2C)c1. The molecule has 2 N–H and O–H groups in total. The van der Waals surface area contributed by atoms with Crippen molar-refractivity contribution in [2.75, 3.05) is 31.6 Å². The fraction of sp³-hybridized carbons (Fsp3) is 0.625. The minimum absolute atomic E-state index is 0.449. The number of nitrogens with two attached hydrogens (primary N) is 1. The fourth-order valence-electron chi connectivity index (χ4n) is 2.89. The molecule has 0 aliphatic carbocycles. The molecule has 106 valence electrons. The highest BCUT2D eigenvalue weighted by Gasteiger charge is 2.26. The topological polar surface area (TPSA) is 32.5 Å². The van der Waals surface area contributed by atoms with Crippen molar-refractivity contribution in [3.63, 3.8) is 0 Å². The molecular formula is C16H27N3. The molecule has 0 bridgehead atoms. The maximum atomic E-state index is 5.95.